The number of rotatable bonds is 2. The van der Waals surface area contributed by atoms with Gasteiger partial charge in [0.1, 0.15) is 6.10 Å². The average Bonchev–Trinajstić information content (AvgIpc) is 2.76. The van der Waals surface area contributed by atoms with E-state index in [1.165, 1.54) is 12.8 Å². The SMILES string of the molecule is CC1(C(=O)OC2CCCC2)CCNC1. The van der Waals surface area contributed by atoms with Crippen LogP contribution in [0.1, 0.15) is 39.0 Å². The lowest BCUT2D eigenvalue weighted by atomic mass is 9.90. The molecule has 1 aliphatic carbocycles. The summed E-state index contributed by atoms with van der Waals surface area (Å²) in [6, 6.07) is 0. The van der Waals surface area contributed by atoms with Crippen molar-refractivity contribution in [2.24, 2.45) is 5.41 Å². The summed E-state index contributed by atoms with van der Waals surface area (Å²) in [7, 11) is 0. The van der Waals surface area contributed by atoms with Gasteiger partial charge in [-0.2, -0.15) is 0 Å². The van der Waals surface area contributed by atoms with Crippen molar-refractivity contribution in [3.05, 3.63) is 0 Å². The molecule has 0 radical (unpaired) electrons. The van der Waals surface area contributed by atoms with Crippen molar-refractivity contribution in [3.8, 4) is 0 Å². The normalized spacial score (nSPS) is 33.5. The topological polar surface area (TPSA) is 38.3 Å². The van der Waals surface area contributed by atoms with Crippen molar-refractivity contribution < 1.29 is 9.53 Å². The summed E-state index contributed by atoms with van der Waals surface area (Å²) in [4.78, 5) is 11.9. The highest BCUT2D eigenvalue weighted by molar-refractivity contribution is 5.77. The van der Waals surface area contributed by atoms with Crippen LogP contribution in [0.5, 0.6) is 0 Å². The first-order chi connectivity index (χ1) is 6.71. The van der Waals surface area contributed by atoms with Gasteiger partial charge in [0.05, 0.1) is 5.41 Å². The summed E-state index contributed by atoms with van der Waals surface area (Å²) < 4.78 is 5.52. The van der Waals surface area contributed by atoms with Crippen LogP contribution in [0.2, 0.25) is 0 Å². The smallest absolute Gasteiger partial charge is 0.313 e. The molecular formula is C11H19NO2. The second kappa shape index (κ2) is 3.89. The lowest BCUT2D eigenvalue weighted by molar-refractivity contribution is -0.159. The largest absolute Gasteiger partial charge is 0.462 e. The Hall–Kier alpha value is -0.570. The third-order valence-corrected chi connectivity index (χ3v) is 3.44. The molecule has 1 unspecified atom stereocenters. The van der Waals surface area contributed by atoms with Crippen molar-refractivity contribution >= 4 is 5.97 Å². The van der Waals surface area contributed by atoms with Crippen molar-refractivity contribution in [2.75, 3.05) is 13.1 Å². The summed E-state index contributed by atoms with van der Waals surface area (Å²) in [6.45, 7) is 3.72. The predicted octanol–water partition coefficient (Wildman–Crippen LogP) is 1.47. The molecule has 2 aliphatic rings. The van der Waals surface area contributed by atoms with Gasteiger partial charge in [0.2, 0.25) is 0 Å². The van der Waals surface area contributed by atoms with Crippen LogP contribution in [0, 0.1) is 5.41 Å². The molecule has 1 aliphatic heterocycles. The van der Waals surface area contributed by atoms with Gasteiger partial charge in [-0.05, 0) is 45.6 Å². The number of hydrogen-bond donors (Lipinski definition) is 1. The quantitative estimate of drug-likeness (QED) is 0.681. The third kappa shape index (κ3) is 1.92. The lowest BCUT2D eigenvalue weighted by Crippen LogP contribution is -2.34. The van der Waals surface area contributed by atoms with Gasteiger partial charge in [0, 0.05) is 6.54 Å². The number of carbonyl (C=O) groups excluding carboxylic acids is 1. The van der Waals surface area contributed by atoms with Crippen LogP contribution in [-0.4, -0.2) is 25.2 Å². The summed E-state index contributed by atoms with van der Waals surface area (Å²) in [5.41, 5.74) is -0.261. The van der Waals surface area contributed by atoms with E-state index in [1.54, 1.807) is 0 Å². The Kier molecular flexibility index (Phi) is 2.77. The zero-order valence-corrected chi connectivity index (χ0v) is 8.84. The van der Waals surface area contributed by atoms with E-state index in [9.17, 15) is 4.79 Å². The second-order valence-corrected chi connectivity index (χ2v) is 4.80. The average molecular weight is 197 g/mol. The van der Waals surface area contributed by atoms with Gasteiger partial charge in [0.25, 0.3) is 0 Å². The molecule has 0 aromatic carbocycles. The molecule has 3 nitrogen and oxygen atoms in total. The first-order valence-electron chi connectivity index (χ1n) is 5.62. The van der Waals surface area contributed by atoms with Crippen LogP contribution in [0.3, 0.4) is 0 Å². The number of esters is 1. The number of hydrogen-bond acceptors (Lipinski definition) is 3. The molecule has 80 valence electrons. The fourth-order valence-corrected chi connectivity index (χ4v) is 2.29. The van der Waals surface area contributed by atoms with E-state index in [1.807, 2.05) is 6.92 Å². The molecule has 1 saturated heterocycles. The molecule has 2 rings (SSSR count). The van der Waals surface area contributed by atoms with Crippen LogP contribution >= 0.6 is 0 Å². The zero-order chi connectivity index (χ0) is 10.0. The van der Waals surface area contributed by atoms with Crippen molar-refractivity contribution in [1.29, 1.82) is 0 Å². The standard InChI is InChI=1S/C11H19NO2/c1-11(6-7-12-8-11)10(13)14-9-4-2-3-5-9/h9,12H,2-8H2,1H3. The van der Waals surface area contributed by atoms with Crippen LogP contribution in [0.4, 0.5) is 0 Å². The molecule has 0 amide bonds. The summed E-state index contributed by atoms with van der Waals surface area (Å²) in [5.74, 6) is 0.00870. The van der Waals surface area contributed by atoms with Crippen molar-refractivity contribution in [2.45, 2.75) is 45.1 Å². The minimum absolute atomic E-state index is 0.00870. The Balaban J connectivity index is 1.87. The molecule has 0 bridgehead atoms. The van der Waals surface area contributed by atoms with E-state index >= 15 is 0 Å². The summed E-state index contributed by atoms with van der Waals surface area (Å²) in [5, 5.41) is 3.22. The molecule has 1 atom stereocenters. The molecule has 1 saturated carbocycles. The van der Waals surface area contributed by atoms with Gasteiger partial charge >= 0.3 is 5.97 Å². The van der Waals surface area contributed by atoms with Gasteiger partial charge in [-0.3, -0.25) is 4.79 Å². The molecule has 0 aromatic rings. The molecule has 2 fully saturated rings. The van der Waals surface area contributed by atoms with Gasteiger partial charge in [-0.1, -0.05) is 0 Å². The van der Waals surface area contributed by atoms with E-state index < -0.39 is 0 Å². The van der Waals surface area contributed by atoms with E-state index in [-0.39, 0.29) is 17.5 Å². The highest BCUT2D eigenvalue weighted by Gasteiger charge is 2.39. The van der Waals surface area contributed by atoms with Crippen molar-refractivity contribution in [3.63, 3.8) is 0 Å². The maximum atomic E-state index is 11.9. The Morgan fingerprint density at radius 2 is 2.14 bits per heavy atom. The first kappa shape index (κ1) is 9.97. The molecular weight excluding hydrogens is 178 g/mol. The summed E-state index contributed by atoms with van der Waals surface area (Å²) >= 11 is 0. The Labute approximate surface area is 85.2 Å². The van der Waals surface area contributed by atoms with Crippen LogP contribution in [0.15, 0.2) is 0 Å². The highest BCUT2D eigenvalue weighted by atomic mass is 16.5. The number of ether oxygens (including phenoxy) is 1. The van der Waals surface area contributed by atoms with E-state index in [0.717, 1.165) is 32.4 Å². The van der Waals surface area contributed by atoms with Gasteiger partial charge < -0.3 is 10.1 Å². The van der Waals surface area contributed by atoms with Crippen LogP contribution < -0.4 is 5.32 Å². The van der Waals surface area contributed by atoms with Gasteiger partial charge in [-0.25, -0.2) is 0 Å². The molecule has 1 N–H and O–H groups in total. The van der Waals surface area contributed by atoms with E-state index in [2.05, 4.69) is 5.32 Å². The lowest BCUT2D eigenvalue weighted by Gasteiger charge is -2.23. The van der Waals surface area contributed by atoms with E-state index in [4.69, 9.17) is 4.74 Å². The maximum Gasteiger partial charge on any atom is 0.313 e. The van der Waals surface area contributed by atoms with Crippen LogP contribution in [-0.2, 0) is 9.53 Å². The Morgan fingerprint density at radius 3 is 2.71 bits per heavy atom. The van der Waals surface area contributed by atoms with Gasteiger partial charge in [-0.15, -0.1) is 0 Å². The second-order valence-electron chi connectivity index (χ2n) is 4.80. The fourth-order valence-electron chi connectivity index (χ4n) is 2.29. The first-order valence-corrected chi connectivity index (χ1v) is 5.62. The minimum Gasteiger partial charge on any atom is -0.462 e. The molecule has 0 spiro atoms. The highest BCUT2D eigenvalue weighted by Crippen LogP contribution is 2.29. The van der Waals surface area contributed by atoms with Crippen LogP contribution in [0.25, 0.3) is 0 Å². The zero-order valence-electron chi connectivity index (χ0n) is 8.84. The Morgan fingerprint density at radius 1 is 1.43 bits per heavy atom. The number of nitrogens with one attached hydrogen (secondary N) is 1. The molecule has 14 heavy (non-hydrogen) atoms. The fraction of sp³-hybridized carbons (Fsp3) is 0.909. The van der Waals surface area contributed by atoms with Gasteiger partial charge in [0.15, 0.2) is 0 Å². The predicted molar refractivity (Wildman–Crippen MR) is 53.9 cm³/mol. The minimum atomic E-state index is -0.261. The van der Waals surface area contributed by atoms with E-state index in [0.29, 0.717) is 0 Å². The maximum absolute atomic E-state index is 11.9. The molecule has 3 heteroatoms. The number of carbonyl (C=O) groups is 1. The summed E-state index contributed by atoms with van der Waals surface area (Å²) in [6.07, 6.45) is 5.68. The molecule has 0 aromatic heterocycles. The Bertz CT molecular complexity index is 215. The monoisotopic (exact) mass is 197 g/mol. The molecule has 1 heterocycles. The third-order valence-electron chi connectivity index (χ3n) is 3.44. The van der Waals surface area contributed by atoms with Crippen molar-refractivity contribution in [1.82, 2.24) is 5.32 Å².